The van der Waals surface area contributed by atoms with Crippen LogP contribution in [-0.4, -0.2) is 34.8 Å². The van der Waals surface area contributed by atoms with Gasteiger partial charge in [0.05, 0.1) is 5.56 Å². The average Bonchev–Trinajstić information content (AvgIpc) is 2.97. The molecular weight excluding hydrogens is 379 g/mol. The van der Waals surface area contributed by atoms with E-state index < -0.39 is 23.6 Å². The Morgan fingerprint density at radius 1 is 1.22 bits per heavy atom. The Morgan fingerprint density at radius 2 is 1.85 bits per heavy atom. The van der Waals surface area contributed by atoms with E-state index in [1.807, 2.05) is 20.8 Å². The van der Waals surface area contributed by atoms with Crippen LogP contribution in [0.3, 0.4) is 0 Å². The number of hydrogen-bond donors (Lipinski definition) is 1. The largest absolute Gasteiger partial charge is 0.416 e. The molecule has 1 N–H and O–H groups in total. The van der Waals surface area contributed by atoms with Gasteiger partial charge in [-0.1, -0.05) is 13.8 Å². The molecule has 0 aliphatic rings. The minimum atomic E-state index is -4.47. The monoisotopic (exact) mass is 399 g/mol. The lowest BCUT2D eigenvalue weighted by atomic mass is 10.1. The second-order valence-electron chi connectivity index (χ2n) is 6.48. The summed E-state index contributed by atoms with van der Waals surface area (Å²) >= 11 is 1.31. The first-order valence-corrected chi connectivity index (χ1v) is 9.06. The topological polar surface area (TPSA) is 62.3 Å². The van der Waals surface area contributed by atoms with Crippen LogP contribution in [-0.2, 0) is 11.0 Å². The molecule has 1 heterocycles. The van der Waals surface area contributed by atoms with Crippen molar-refractivity contribution in [2.45, 2.75) is 26.9 Å². The molecule has 9 heteroatoms. The summed E-state index contributed by atoms with van der Waals surface area (Å²) in [6.07, 6.45) is -2.84. The zero-order valence-electron chi connectivity index (χ0n) is 15.1. The maximum Gasteiger partial charge on any atom is 0.416 e. The summed E-state index contributed by atoms with van der Waals surface area (Å²) in [6, 6.07) is 3.97. The van der Waals surface area contributed by atoms with Crippen LogP contribution in [0.5, 0.6) is 0 Å². The average molecular weight is 399 g/mol. The molecule has 2 rings (SSSR count). The molecule has 0 spiro atoms. The molecule has 0 unspecified atom stereocenters. The van der Waals surface area contributed by atoms with E-state index in [2.05, 4.69) is 10.3 Å². The van der Waals surface area contributed by atoms with E-state index in [4.69, 9.17) is 0 Å². The number of rotatable bonds is 6. The number of thiazole rings is 1. The second kappa shape index (κ2) is 8.51. The van der Waals surface area contributed by atoms with Gasteiger partial charge in [0.2, 0.25) is 5.91 Å². The van der Waals surface area contributed by atoms with Crippen molar-refractivity contribution < 1.29 is 22.8 Å². The van der Waals surface area contributed by atoms with Gasteiger partial charge in [0.25, 0.3) is 5.91 Å². The van der Waals surface area contributed by atoms with Gasteiger partial charge in [0.15, 0.2) is 5.13 Å². The molecule has 2 amide bonds. The molecule has 5 nitrogen and oxygen atoms in total. The molecule has 1 aromatic carbocycles. The fourth-order valence-corrected chi connectivity index (χ4v) is 3.07. The molecule has 146 valence electrons. The van der Waals surface area contributed by atoms with Crippen molar-refractivity contribution in [2.75, 3.05) is 18.4 Å². The number of alkyl halides is 3. The predicted octanol–water partition coefficient (Wildman–Crippen LogP) is 4.21. The van der Waals surface area contributed by atoms with Gasteiger partial charge in [-0.3, -0.25) is 9.59 Å². The molecule has 0 fully saturated rings. The quantitative estimate of drug-likeness (QED) is 0.792. The van der Waals surface area contributed by atoms with Gasteiger partial charge < -0.3 is 10.2 Å². The first-order valence-electron chi connectivity index (χ1n) is 8.25. The van der Waals surface area contributed by atoms with Crippen molar-refractivity contribution in [3.63, 3.8) is 0 Å². The number of benzene rings is 1. The minimum Gasteiger partial charge on any atom is -0.329 e. The van der Waals surface area contributed by atoms with E-state index in [1.165, 1.54) is 16.2 Å². The first kappa shape index (κ1) is 20.9. The molecule has 1 aromatic heterocycles. The molecule has 0 saturated heterocycles. The van der Waals surface area contributed by atoms with Crippen LogP contribution in [0.1, 0.15) is 34.6 Å². The lowest BCUT2D eigenvalue weighted by Gasteiger charge is -2.24. The van der Waals surface area contributed by atoms with Crippen molar-refractivity contribution in [3.8, 4) is 0 Å². The maximum absolute atomic E-state index is 12.7. The molecule has 0 atom stereocenters. The van der Waals surface area contributed by atoms with Gasteiger partial charge in [-0.15, -0.1) is 11.3 Å². The number of carbonyl (C=O) groups is 2. The highest BCUT2D eigenvalue weighted by molar-refractivity contribution is 7.15. The number of aromatic nitrogens is 1. The number of carbonyl (C=O) groups excluding carboxylic acids is 2. The Labute approximate surface area is 159 Å². The Bertz CT molecular complexity index is 801. The van der Waals surface area contributed by atoms with E-state index in [-0.39, 0.29) is 18.0 Å². The van der Waals surface area contributed by atoms with E-state index in [1.54, 1.807) is 6.20 Å². The van der Waals surface area contributed by atoms with E-state index in [9.17, 15) is 22.8 Å². The maximum atomic E-state index is 12.7. The number of anilines is 1. The summed E-state index contributed by atoms with van der Waals surface area (Å²) in [6.45, 7) is 5.71. The van der Waals surface area contributed by atoms with Crippen LogP contribution in [0.15, 0.2) is 30.5 Å². The standard InChI is InChI=1S/C18H20F3N3O2S/c1-11(2)9-24(10-15(25)23-17-22-8-12(3)27-17)16(26)13-4-6-14(7-5-13)18(19,20)21/h4-8,11H,9-10H2,1-3H3,(H,22,23,25). The molecule has 27 heavy (non-hydrogen) atoms. The fraction of sp³-hybridized carbons (Fsp3) is 0.389. The molecule has 0 radical (unpaired) electrons. The zero-order valence-corrected chi connectivity index (χ0v) is 15.9. The van der Waals surface area contributed by atoms with Crippen molar-refractivity contribution in [3.05, 3.63) is 46.5 Å². The lowest BCUT2D eigenvalue weighted by molar-refractivity contribution is -0.137. The number of amides is 2. The second-order valence-corrected chi connectivity index (χ2v) is 7.71. The van der Waals surface area contributed by atoms with Gasteiger partial charge >= 0.3 is 6.18 Å². The highest BCUT2D eigenvalue weighted by Crippen LogP contribution is 2.29. The zero-order chi connectivity index (χ0) is 20.2. The Morgan fingerprint density at radius 3 is 2.33 bits per heavy atom. The highest BCUT2D eigenvalue weighted by Gasteiger charge is 2.30. The van der Waals surface area contributed by atoms with Crippen LogP contribution in [0, 0.1) is 12.8 Å². The summed E-state index contributed by atoms with van der Waals surface area (Å²) in [5, 5.41) is 3.06. The molecule has 0 aliphatic heterocycles. The van der Waals surface area contributed by atoms with Gasteiger partial charge in [-0.25, -0.2) is 4.98 Å². The smallest absolute Gasteiger partial charge is 0.329 e. The molecule has 0 bridgehead atoms. The molecule has 0 saturated carbocycles. The van der Waals surface area contributed by atoms with Crippen LogP contribution >= 0.6 is 11.3 Å². The van der Waals surface area contributed by atoms with Gasteiger partial charge in [-0.05, 0) is 37.1 Å². The number of hydrogen-bond acceptors (Lipinski definition) is 4. The molecular formula is C18H20F3N3O2S. The van der Waals surface area contributed by atoms with Gasteiger partial charge in [0.1, 0.15) is 6.54 Å². The Balaban J connectivity index is 2.12. The third-order valence-electron chi connectivity index (χ3n) is 3.53. The van der Waals surface area contributed by atoms with E-state index >= 15 is 0 Å². The molecule has 0 aliphatic carbocycles. The lowest BCUT2D eigenvalue weighted by Crippen LogP contribution is -2.40. The normalized spacial score (nSPS) is 11.5. The van der Waals surface area contributed by atoms with E-state index in [0.717, 1.165) is 29.1 Å². The van der Waals surface area contributed by atoms with Crippen molar-refractivity contribution >= 4 is 28.3 Å². The Hall–Kier alpha value is -2.42. The highest BCUT2D eigenvalue weighted by atomic mass is 32.1. The SMILES string of the molecule is Cc1cnc(NC(=O)CN(CC(C)C)C(=O)c2ccc(C(F)(F)F)cc2)s1. The van der Waals surface area contributed by atoms with Crippen LogP contribution in [0.25, 0.3) is 0 Å². The summed E-state index contributed by atoms with van der Waals surface area (Å²) in [4.78, 5) is 31.2. The van der Waals surface area contributed by atoms with Crippen LogP contribution in [0.4, 0.5) is 18.3 Å². The van der Waals surface area contributed by atoms with Crippen LogP contribution < -0.4 is 5.32 Å². The minimum absolute atomic E-state index is 0.0818. The molecule has 2 aromatic rings. The number of aryl methyl sites for hydroxylation is 1. The van der Waals surface area contributed by atoms with Gasteiger partial charge in [-0.2, -0.15) is 13.2 Å². The van der Waals surface area contributed by atoms with Crippen molar-refractivity contribution in [2.24, 2.45) is 5.92 Å². The summed E-state index contributed by atoms with van der Waals surface area (Å²) in [7, 11) is 0. The first-order chi connectivity index (χ1) is 12.6. The summed E-state index contributed by atoms with van der Waals surface area (Å²) < 4.78 is 38.0. The van der Waals surface area contributed by atoms with E-state index in [0.29, 0.717) is 11.7 Å². The summed E-state index contributed by atoms with van der Waals surface area (Å²) in [5.74, 6) is -0.827. The number of nitrogens with one attached hydrogen (secondary N) is 1. The Kier molecular flexibility index (Phi) is 6.59. The van der Waals surface area contributed by atoms with Crippen LogP contribution in [0.2, 0.25) is 0 Å². The third kappa shape index (κ3) is 6.06. The summed E-state index contributed by atoms with van der Waals surface area (Å²) in [5.41, 5.74) is -0.729. The van der Waals surface area contributed by atoms with Crippen molar-refractivity contribution in [1.82, 2.24) is 9.88 Å². The third-order valence-corrected chi connectivity index (χ3v) is 4.36. The van der Waals surface area contributed by atoms with Gasteiger partial charge in [0, 0.05) is 23.2 Å². The van der Waals surface area contributed by atoms with Crippen molar-refractivity contribution in [1.29, 1.82) is 0 Å². The predicted molar refractivity (Wildman–Crippen MR) is 97.7 cm³/mol. The number of halogens is 3. The number of nitrogens with zero attached hydrogens (tertiary/aromatic N) is 2. The fourth-order valence-electron chi connectivity index (χ4n) is 2.39.